The minimum atomic E-state index is 0.256. The molecule has 0 saturated heterocycles. The van der Waals surface area contributed by atoms with Crippen molar-refractivity contribution in [2.45, 2.75) is 40.5 Å². The van der Waals surface area contributed by atoms with Crippen LogP contribution in [0.25, 0.3) is 0 Å². The second kappa shape index (κ2) is 5.18. The van der Waals surface area contributed by atoms with E-state index in [0.29, 0.717) is 12.5 Å². The van der Waals surface area contributed by atoms with E-state index < -0.39 is 0 Å². The van der Waals surface area contributed by atoms with Crippen molar-refractivity contribution in [3.63, 3.8) is 0 Å². The van der Waals surface area contributed by atoms with E-state index in [1.165, 1.54) is 12.9 Å². The largest absolute Gasteiger partial charge is 0.457 e. The molecule has 0 spiro atoms. The van der Waals surface area contributed by atoms with Crippen molar-refractivity contribution < 1.29 is 9.53 Å². The quantitative estimate of drug-likeness (QED) is 0.614. The predicted molar refractivity (Wildman–Crippen MR) is 49.5 cm³/mol. The summed E-state index contributed by atoms with van der Waals surface area (Å²) in [6.45, 7) is 10.6. The summed E-state index contributed by atoms with van der Waals surface area (Å²) >= 11 is 0. The van der Waals surface area contributed by atoms with Gasteiger partial charge in [0.2, 0.25) is 0 Å². The lowest BCUT2D eigenvalue weighted by Gasteiger charge is -2.30. The summed E-state index contributed by atoms with van der Waals surface area (Å²) in [5, 5.41) is 0. The summed E-state index contributed by atoms with van der Waals surface area (Å²) < 4.78 is 4.62. The van der Waals surface area contributed by atoms with E-state index in [1.54, 1.807) is 0 Å². The summed E-state index contributed by atoms with van der Waals surface area (Å²) in [6.07, 6.45) is 2.33. The Kier molecular flexibility index (Phi) is 4.95. The van der Waals surface area contributed by atoms with Crippen LogP contribution >= 0.6 is 0 Å². The minimum Gasteiger partial charge on any atom is -0.457 e. The Labute approximate surface area is 75.3 Å². The molecule has 71 valence electrons. The fraction of sp³-hybridized carbons (Fsp3) is 0.900. The predicted octanol–water partition coefficient (Wildman–Crippen LogP) is 2.53. The van der Waals surface area contributed by atoms with Crippen LogP contribution in [0.5, 0.6) is 0 Å². The maximum absolute atomic E-state index is 9.85. The summed E-state index contributed by atoms with van der Waals surface area (Å²) in [5.74, 6) is 0.402. The topological polar surface area (TPSA) is 26.3 Å². The van der Waals surface area contributed by atoms with Gasteiger partial charge in [0, 0.05) is 0 Å². The van der Waals surface area contributed by atoms with Crippen molar-refractivity contribution in [2.75, 3.05) is 6.61 Å². The fourth-order valence-corrected chi connectivity index (χ4v) is 1.28. The van der Waals surface area contributed by atoms with Crippen molar-refractivity contribution in [3.05, 3.63) is 0 Å². The van der Waals surface area contributed by atoms with Gasteiger partial charge in [0.25, 0.3) is 0 Å². The van der Waals surface area contributed by atoms with E-state index in [-0.39, 0.29) is 5.41 Å². The normalized spacial score (nSPS) is 14.0. The van der Waals surface area contributed by atoms with Gasteiger partial charge in [-0.2, -0.15) is 0 Å². The summed E-state index contributed by atoms with van der Waals surface area (Å²) in [7, 11) is 0. The Balaban J connectivity index is 3.86. The van der Waals surface area contributed by atoms with Crippen LogP contribution in [0.2, 0.25) is 0 Å². The maximum atomic E-state index is 9.85. The average Bonchev–Trinajstić information content (AvgIpc) is 2.00. The number of ether oxygens (including phenoxy) is 1. The molecular weight excluding hydrogens is 152 g/mol. The van der Waals surface area contributed by atoms with Crippen molar-refractivity contribution in [2.24, 2.45) is 11.3 Å². The number of hydrogen-bond donors (Lipinski definition) is 0. The van der Waals surface area contributed by atoms with Crippen molar-refractivity contribution in [1.29, 1.82) is 0 Å². The minimum absolute atomic E-state index is 0.256. The van der Waals surface area contributed by atoms with Crippen LogP contribution in [0.1, 0.15) is 40.5 Å². The number of hydrogen-bond acceptors (Lipinski definition) is 2. The van der Waals surface area contributed by atoms with E-state index in [4.69, 9.17) is 0 Å². The molecule has 0 bridgehead atoms. The first-order valence-electron chi connectivity index (χ1n) is 4.53. The Morgan fingerprint density at radius 3 is 2.50 bits per heavy atom. The highest BCUT2D eigenvalue weighted by Gasteiger charge is 2.24. The molecule has 12 heavy (non-hydrogen) atoms. The Bertz CT molecular complexity index is 130. The van der Waals surface area contributed by atoms with Crippen LogP contribution < -0.4 is 0 Å². The molecule has 0 aliphatic heterocycles. The lowest BCUT2D eigenvalue weighted by Crippen LogP contribution is -2.25. The molecule has 0 amide bonds. The molecule has 0 saturated carbocycles. The number of carbonyl (C=O) groups excluding carboxylic acids is 1. The van der Waals surface area contributed by atoms with Crippen molar-refractivity contribution >= 4 is 6.47 Å². The monoisotopic (exact) mass is 171 g/mol. The standard InChI is InChI=1S/C10H19O2/c1-5-6-10(3,4)9(2)7-12-8-11/h9H,5-7H2,1-4H3. The first kappa shape index (κ1) is 11.5. The van der Waals surface area contributed by atoms with Crippen LogP contribution in [-0.4, -0.2) is 13.1 Å². The van der Waals surface area contributed by atoms with Crippen LogP contribution in [0, 0.1) is 11.3 Å². The van der Waals surface area contributed by atoms with Crippen LogP contribution in [0.3, 0.4) is 0 Å². The molecule has 0 fully saturated rings. The van der Waals surface area contributed by atoms with E-state index in [2.05, 4.69) is 32.4 Å². The zero-order valence-corrected chi connectivity index (χ0v) is 8.52. The molecular formula is C10H19O2. The van der Waals surface area contributed by atoms with Gasteiger partial charge in [-0.3, -0.25) is 0 Å². The third-order valence-electron chi connectivity index (χ3n) is 2.62. The van der Waals surface area contributed by atoms with Gasteiger partial charge in [0.05, 0.1) is 6.61 Å². The van der Waals surface area contributed by atoms with Gasteiger partial charge in [-0.25, -0.2) is 4.79 Å². The van der Waals surface area contributed by atoms with Gasteiger partial charge in [-0.1, -0.05) is 34.1 Å². The second-order valence-corrected chi connectivity index (χ2v) is 4.03. The SMILES string of the molecule is CCCC(C)(C)C(C)CO[C]=O. The zero-order valence-electron chi connectivity index (χ0n) is 8.52. The van der Waals surface area contributed by atoms with Crippen LogP contribution in [-0.2, 0) is 9.53 Å². The fourth-order valence-electron chi connectivity index (χ4n) is 1.28. The van der Waals surface area contributed by atoms with Crippen molar-refractivity contribution in [1.82, 2.24) is 0 Å². The summed E-state index contributed by atoms with van der Waals surface area (Å²) in [6, 6.07) is 0. The van der Waals surface area contributed by atoms with Gasteiger partial charge in [0.1, 0.15) is 0 Å². The molecule has 0 N–H and O–H groups in total. The van der Waals surface area contributed by atoms with Gasteiger partial charge in [0.15, 0.2) is 0 Å². The molecule has 0 aromatic rings. The van der Waals surface area contributed by atoms with Crippen LogP contribution in [0.15, 0.2) is 0 Å². The third-order valence-corrected chi connectivity index (χ3v) is 2.62. The Morgan fingerprint density at radius 1 is 1.50 bits per heavy atom. The molecule has 0 aromatic carbocycles. The summed E-state index contributed by atoms with van der Waals surface area (Å²) in [4.78, 5) is 9.85. The van der Waals surface area contributed by atoms with Gasteiger partial charge < -0.3 is 4.74 Å². The molecule has 1 atom stereocenters. The van der Waals surface area contributed by atoms with E-state index in [0.717, 1.165) is 6.42 Å². The van der Waals surface area contributed by atoms with E-state index in [1.807, 2.05) is 0 Å². The highest BCUT2D eigenvalue weighted by atomic mass is 16.5. The van der Waals surface area contributed by atoms with Gasteiger partial charge in [-0.15, -0.1) is 0 Å². The van der Waals surface area contributed by atoms with E-state index >= 15 is 0 Å². The highest BCUT2D eigenvalue weighted by molar-refractivity contribution is 5.38. The lowest BCUT2D eigenvalue weighted by molar-refractivity contribution is 0.125. The molecule has 0 aromatic heterocycles. The highest BCUT2D eigenvalue weighted by Crippen LogP contribution is 2.31. The first-order valence-corrected chi connectivity index (χ1v) is 4.53. The third kappa shape index (κ3) is 3.74. The second-order valence-electron chi connectivity index (χ2n) is 4.03. The van der Waals surface area contributed by atoms with E-state index in [9.17, 15) is 4.79 Å². The first-order chi connectivity index (χ1) is 5.54. The number of rotatable bonds is 6. The molecule has 2 heteroatoms. The molecule has 0 aliphatic rings. The average molecular weight is 171 g/mol. The summed E-state index contributed by atoms with van der Waals surface area (Å²) in [5.41, 5.74) is 0.256. The molecule has 0 aliphatic carbocycles. The Hall–Kier alpha value is -0.530. The zero-order chi connectivity index (χ0) is 9.61. The van der Waals surface area contributed by atoms with Gasteiger partial charge in [-0.05, 0) is 17.8 Å². The van der Waals surface area contributed by atoms with Gasteiger partial charge >= 0.3 is 6.47 Å². The Morgan fingerprint density at radius 2 is 2.08 bits per heavy atom. The molecule has 2 nitrogen and oxygen atoms in total. The molecule has 1 unspecified atom stereocenters. The van der Waals surface area contributed by atoms with Crippen molar-refractivity contribution in [3.8, 4) is 0 Å². The molecule has 1 radical (unpaired) electrons. The smallest absolute Gasteiger partial charge is 0.417 e. The maximum Gasteiger partial charge on any atom is 0.417 e. The lowest BCUT2D eigenvalue weighted by atomic mass is 9.77. The molecule has 0 rings (SSSR count). The van der Waals surface area contributed by atoms with Crippen LogP contribution in [0.4, 0.5) is 0 Å². The molecule has 0 heterocycles.